The van der Waals surface area contributed by atoms with Gasteiger partial charge in [0, 0.05) is 36.7 Å². The Hall–Kier alpha value is -3.00. The Bertz CT molecular complexity index is 847. The Morgan fingerprint density at radius 3 is 2.67 bits per heavy atom. The van der Waals surface area contributed by atoms with Crippen LogP contribution in [0.3, 0.4) is 0 Å². The molecule has 2 aromatic heterocycles. The predicted octanol–water partition coefficient (Wildman–Crippen LogP) is 1.73. The highest BCUT2D eigenvalue weighted by atomic mass is 16.5. The van der Waals surface area contributed by atoms with Crippen molar-refractivity contribution in [3.05, 3.63) is 47.4 Å². The average molecular weight is 369 g/mol. The molecule has 142 valence electrons. The van der Waals surface area contributed by atoms with Crippen molar-refractivity contribution >= 4 is 17.3 Å². The lowest BCUT2D eigenvalue weighted by atomic mass is 10.0. The molecule has 3 N–H and O–H groups in total. The van der Waals surface area contributed by atoms with Gasteiger partial charge in [-0.25, -0.2) is 4.98 Å². The van der Waals surface area contributed by atoms with Crippen LogP contribution in [-0.4, -0.2) is 58.9 Å². The predicted molar refractivity (Wildman–Crippen MR) is 101 cm³/mol. The Morgan fingerprint density at radius 1 is 1.26 bits per heavy atom. The van der Waals surface area contributed by atoms with Gasteiger partial charge in [0.2, 0.25) is 5.88 Å². The van der Waals surface area contributed by atoms with E-state index >= 15 is 0 Å². The minimum Gasteiger partial charge on any atom is -0.474 e. The molecule has 0 spiro atoms. The van der Waals surface area contributed by atoms with Crippen LogP contribution in [0.15, 0.2) is 30.6 Å². The van der Waals surface area contributed by atoms with E-state index in [2.05, 4.69) is 9.97 Å². The summed E-state index contributed by atoms with van der Waals surface area (Å²) in [5, 5.41) is 8.61. The molecule has 0 aliphatic carbocycles. The van der Waals surface area contributed by atoms with Gasteiger partial charge in [0.05, 0.1) is 30.6 Å². The zero-order valence-electron chi connectivity index (χ0n) is 15.4. The molecule has 3 heterocycles. The van der Waals surface area contributed by atoms with E-state index < -0.39 is 0 Å². The maximum Gasteiger partial charge on any atom is 0.272 e. The van der Waals surface area contributed by atoms with Crippen LogP contribution in [0.25, 0.3) is 0 Å². The van der Waals surface area contributed by atoms with Crippen LogP contribution in [0, 0.1) is 5.41 Å². The molecule has 0 radical (unpaired) electrons. The number of amides is 1. The summed E-state index contributed by atoms with van der Waals surface area (Å²) in [5.74, 6) is 0.124. The molecule has 0 unspecified atom stereocenters. The summed E-state index contributed by atoms with van der Waals surface area (Å²) in [6.07, 6.45) is 2.96. The topological polar surface area (TPSA) is 114 Å². The van der Waals surface area contributed by atoms with Crippen molar-refractivity contribution in [1.29, 1.82) is 5.41 Å². The van der Waals surface area contributed by atoms with Gasteiger partial charge in [-0.05, 0) is 32.0 Å². The van der Waals surface area contributed by atoms with Crippen molar-refractivity contribution in [2.75, 3.05) is 32.0 Å². The third-order valence-corrected chi connectivity index (χ3v) is 4.11. The number of ether oxygens (including phenoxy) is 2. The first-order valence-corrected chi connectivity index (χ1v) is 8.81. The summed E-state index contributed by atoms with van der Waals surface area (Å²) in [5.41, 5.74) is 7.82. The molecule has 3 rings (SSSR count). The summed E-state index contributed by atoms with van der Waals surface area (Å²) in [6, 6.07) is 4.90. The van der Waals surface area contributed by atoms with Gasteiger partial charge in [0.15, 0.2) is 0 Å². The van der Waals surface area contributed by atoms with Gasteiger partial charge in [-0.2, -0.15) is 0 Å². The van der Waals surface area contributed by atoms with E-state index in [9.17, 15) is 4.79 Å². The van der Waals surface area contributed by atoms with Gasteiger partial charge >= 0.3 is 0 Å². The number of nitrogens with zero attached hydrogens (tertiary/aromatic N) is 3. The van der Waals surface area contributed by atoms with Crippen LogP contribution in [-0.2, 0) is 4.74 Å². The monoisotopic (exact) mass is 369 g/mol. The number of anilines is 1. The van der Waals surface area contributed by atoms with Gasteiger partial charge < -0.3 is 20.1 Å². The number of morpholine rings is 1. The molecular formula is C19H23N5O3. The van der Waals surface area contributed by atoms with E-state index in [-0.39, 0.29) is 23.4 Å². The summed E-state index contributed by atoms with van der Waals surface area (Å²) < 4.78 is 11.0. The normalized spacial score (nSPS) is 14.3. The van der Waals surface area contributed by atoms with E-state index in [1.54, 1.807) is 29.3 Å². The summed E-state index contributed by atoms with van der Waals surface area (Å²) in [4.78, 5) is 22.8. The lowest BCUT2D eigenvalue weighted by molar-refractivity contribution is 0.0299. The number of carbonyl (C=O) groups excluding carboxylic acids is 1. The molecule has 27 heavy (non-hydrogen) atoms. The molecule has 0 saturated carbocycles. The van der Waals surface area contributed by atoms with Crippen LogP contribution in [0.4, 0.5) is 5.69 Å². The van der Waals surface area contributed by atoms with E-state index in [1.807, 2.05) is 13.8 Å². The zero-order chi connectivity index (χ0) is 19.4. The first-order chi connectivity index (χ1) is 13.0. The van der Waals surface area contributed by atoms with Crippen molar-refractivity contribution in [2.24, 2.45) is 0 Å². The lowest BCUT2D eigenvalue weighted by Crippen LogP contribution is -2.41. The minimum absolute atomic E-state index is 0.109. The highest BCUT2D eigenvalue weighted by molar-refractivity contribution is 6.15. The van der Waals surface area contributed by atoms with Gasteiger partial charge in [-0.15, -0.1) is 0 Å². The van der Waals surface area contributed by atoms with E-state index in [1.165, 1.54) is 6.20 Å². The van der Waals surface area contributed by atoms with Crippen molar-refractivity contribution in [1.82, 2.24) is 14.9 Å². The molecule has 1 fully saturated rings. The zero-order valence-corrected chi connectivity index (χ0v) is 15.4. The van der Waals surface area contributed by atoms with Gasteiger partial charge in [0.25, 0.3) is 5.91 Å². The maximum atomic E-state index is 12.7. The largest absolute Gasteiger partial charge is 0.474 e. The number of hydrogen-bond donors (Lipinski definition) is 2. The molecule has 0 atom stereocenters. The van der Waals surface area contributed by atoms with Gasteiger partial charge in [-0.1, -0.05) is 0 Å². The number of nitrogens with two attached hydrogens (primary N) is 1. The fraction of sp³-hybridized carbons (Fsp3) is 0.368. The highest BCUT2D eigenvalue weighted by Gasteiger charge is 2.22. The minimum atomic E-state index is -0.175. The van der Waals surface area contributed by atoms with Crippen molar-refractivity contribution in [3.63, 3.8) is 0 Å². The summed E-state index contributed by atoms with van der Waals surface area (Å²) >= 11 is 0. The van der Waals surface area contributed by atoms with Gasteiger partial charge in [-0.3, -0.25) is 15.2 Å². The third kappa shape index (κ3) is 4.22. The molecular weight excluding hydrogens is 346 g/mol. The molecule has 1 saturated heterocycles. The number of carbonyl (C=O) groups is 1. The second kappa shape index (κ2) is 8.13. The van der Waals surface area contributed by atoms with Crippen molar-refractivity contribution in [2.45, 2.75) is 20.0 Å². The molecule has 0 bridgehead atoms. The number of pyridine rings is 2. The van der Waals surface area contributed by atoms with Crippen LogP contribution < -0.4 is 10.5 Å². The Labute approximate surface area is 157 Å². The van der Waals surface area contributed by atoms with Crippen molar-refractivity contribution in [3.8, 4) is 5.88 Å². The SMILES string of the molecule is CC(C)Oc1nccc(N)c1C(=N)c1ccnc(C(=O)N2CCOCC2)c1. The fourth-order valence-electron chi connectivity index (χ4n) is 2.80. The summed E-state index contributed by atoms with van der Waals surface area (Å²) in [6.45, 7) is 5.86. The van der Waals surface area contributed by atoms with Crippen molar-refractivity contribution < 1.29 is 14.3 Å². The molecule has 1 amide bonds. The van der Waals surface area contributed by atoms with E-state index in [0.29, 0.717) is 49.0 Å². The standard InChI is InChI=1S/C19H23N5O3/c1-12(2)27-18-16(14(20)4-6-23-18)17(21)13-3-5-22-15(11-13)19(25)24-7-9-26-10-8-24/h3-6,11-12,21H,7-10H2,1-2H3,(H2,20,23). The van der Waals surface area contributed by atoms with E-state index in [4.69, 9.17) is 20.6 Å². The van der Waals surface area contributed by atoms with Gasteiger partial charge in [0.1, 0.15) is 5.69 Å². The average Bonchev–Trinajstić information content (AvgIpc) is 2.67. The number of hydrogen-bond acceptors (Lipinski definition) is 7. The first kappa shape index (κ1) is 18.8. The Balaban J connectivity index is 1.91. The highest BCUT2D eigenvalue weighted by Crippen LogP contribution is 2.26. The number of aromatic nitrogens is 2. The van der Waals surface area contributed by atoms with Crippen LogP contribution in [0.2, 0.25) is 0 Å². The molecule has 0 aromatic carbocycles. The first-order valence-electron chi connectivity index (χ1n) is 8.81. The maximum absolute atomic E-state index is 12.7. The smallest absolute Gasteiger partial charge is 0.272 e. The second-order valence-electron chi connectivity index (χ2n) is 6.46. The number of nitrogens with one attached hydrogen (secondary N) is 1. The fourth-order valence-corrected chi connectivity index (χ4v) is 2.80. The molecule has 2 aromatic rings. The van der Waals surface area contributed by atoms with Crippen LogP contribution in [0.5, 0.6) is 5.88 Å². The summed E-state index contributed by atoms with van der Waals surface area (Å²) in [7, 11) is 0. The Kier molecular flexibility index (Phi) is 5.66. The quantitative estimate of drug-likeness (QED) is 0.776. The molecule has 8 heteroatoms. The van der Waals surface area contributed by atoms with E-state index in [0.717, 1.165) is 0 Å². The number of rotatable bonds is 5. The second-order valence-corrected chi connectivity index (χ2v) is 6.46. The van der Waals surface area contributed by atoms with Crippen LogP contribution in [0.1, 0.15) is 35.5 Å². The Morgan fingerprint density at radius 2 is 1.96 bits per heavy atom. The molecule has 1 aliphatic heterocycles. The molecule has 8 nitrogen and oxygen atoms in total. The van der Waals surface area contributed by atoms with Crippen LogP contribution >= 0.6 is 0 Å². The lowest BCUT2D eigenvalue weighted by Gasteiger charge is -2.26. The molecule has 1 aliphatic rings. The third-order valence-electron chi connectivity index (χ3n) is 4.11. The number of nitrogen functional groups attached to an aromatic ring is 1.